The van der Waals surface area contributed by atoms with E-state index in [4.69, 9.17) is 21.5 Å². The summed E-state index contributed by atoms with van der Waals surface area (Å²) in [6.45, 7) is 1.49. The predicted molar refractivity (Wildman–Crippen MR) is 92.3 cm³/mol. The molecule has 0 amide bonds. The number of aliphatic hydroxyl groups is 1. The van der Waals surface area contributed by atoms with Crippen LogP contribution in [0.4, 0.5) is 0 Å². The Bertz CT molecular complexity index is 998. The van der Waals surface area contributed by atoms with E-state index in [0.717, 1.165) is 0 Å². The minimum atomic E-state index is -4.07. The van der Waals surface area contributed by atoms with E-state index < -0.39 is 27.2 Å². The number of ether oxygens (including phenoxy) is 1. The number of hydrogen-bond acceptors (Lipinski definition) is 5. The number of Topliss-reactive ketones (excluding diaryl/α,β-unsaturated/α-hetero) is 1. The highest BCUT2D eigenvalue weighted by atomic mass is 35.5. The topological polar surface area (TPSA) is 107 Å². The summed E-state index contributed by atoms with van der Waals surface area (Å²) in [6, 6.07) is 12.1. The Morgan fingerprint density at radius 2 is 1.72 bits per heavy atom. The van der Waals surface area contributed by atoms with E-state index in [0.29, 0.717) is 10.6 Å². The van der Waals surface area contributed by atoms with Gasteiger partial charge < -0.3 is 9.84 Å². The number of aliphatic hydroxyl groups excluding tert-OH is 1. The zero-order valence-corrected chi connectivity index (χ0v) is 14.6. The number of rotatable bonds is 3. The molecule has 3 N–H and O–H groups in total. The maximum Gasteiger partial charge on any atom is 0.248 e. The van der Waals surface area contributed by atoms with Crippen LogP contribution in [0.2, 0.25) is 5.02 Å². The summed E-state index contributed by atoms with van der Waals surface area (Å²) in [7, 11) is -4.07. The molecule has 0 radical (unpaired) electrons. The normalized spacial score (nSPS) is 20.7. The molecule has 0 aliphatic carbocycles. The third-order valence-electron chi connectivity index (χ3n) is 4.00. The van der Waals surface area contributed by atoms with Crippen LogP contribution >= 0.6 is 11.6 Å². The van der Waals surface area contributed by atoms with Gasteiger partial charge in [-0.15, -0.1) is 0 Å². The molecule has 0 aromatic heterocycles. The third-order valence-corrected chi connectivity index (χ3v) is 5.22. The summed E-state index contributed by atoms with van der Waals surface area (Å²) in [4.78, 5) is 12.4. The highest BCUT2D eigenvalue weighted by Gasteiger charge is 2.48. The Balaban J connectivity index is 2.12. The third kappa shape index (κ3) is 2.90. The van der Waals surface area contributed by atoms with E-state index in [9.17, 15) is 18.3 Å². The van der Waals surface area contributed by atoms with Gasteiger partial charge in [0.15, 0.2) is 11.4 Å². The number of benzene rings is 2. The monoisotopic (exact) mass is 379 g/mol. The molecule has 0 saturated heterocycles. The number of sulfonamides is 1. The van der Waals surface area contributed by atoms with Gasteiger partial charge in [-0.05, 0) is 31.2 Å². The Hall–Kier alpha value is -2.35. The second-order valence-corrected chi connectivity index (χ2v) is 7.66. The summed E-state index contributed by atoms with van der Waals surface area (Å²) in [5.41, 5.74) is -1.01. The van der Waals surface area contributed by atoms with Crippen LogP contribution in [0.5, 0.6) is 0 Å². The maximum atomic E-state index is 12.6. The van der Waals surface area contributed by atoms with Crippen LogP contribution in [0.3, 0.4) is 0 Å². The molecule has 3 rings (SSSR count). The average molecular weight is 380 g/mol. The summed E-state index contributed by atoms with van der Waals surface area (Å²) in [5, 5.41) is 16.0. The molecule has 8 heteroatoms. The van der Waals surface area contributed by atoms with Gasteiger partial charge in [0.05, 0.1) is 4.90 Å². The first-order valence-electron chi connectivity index (χ1n) is 7.20. The van der Waals surface area contributed by atoms with Gasteiger partial charge in [0.1, 0.15) is 0 Å². The molecule has 0 saturated carbocycles. The quantitative estimate of drug-likeness (QED) is 0.852. The highest BCUT2D eigenvalue weighted by Crippen LogP contribution is 2.43. The average Bonchev–Trinajstić information content (AvgIpc) is 2.80. The zero-order chi connectivity index (χ0) is 18.4. The first kappa shape index (κ1) is 17.5. The Morgan fingerprint density at radius 3 is 2.32 bits per heavy atom. The van der Waals surface area contributed by atoms with Crippen molar-refractivity contribution in [3.8, 4) is 0 Å². The van der Waals surface area contributed by atoms with E-state index in [2.05, 4.69) is 0 Å². The summed E-state index contributed by atoms with van der Waals surface area (Å²) >= 11 is 5.86. The van der Waals surface area contributed by atoms with Crippen molar-refractivity contribution in [2.75, 3.05) is 0 Å². The number of halogens is 1. The van der Waals surface area contributed by atoms with Crippen molar-refractivity contribution in [2.24, 2.45) is 5.14 Å². The molecule has 0 fully saturated rings. The van der Waals surface area contributed by atoms with Gasteiger partial charge in [0.25, 0.3) is 0 Å². The molecule has 130 valence electrons. The first-order valence-corrected chi connectivity index (χ1v) is 9.12. The number of ketones is 1. The minimum absolute atomic E-state index is 0.0218. The summed E-state index contributed by atoms with van der Waals surface area (Å²) in [6.07, 6.45) is 0. The van der Waals surface area contributed by atoms with Crippen LogP contribution in [-0.4, -0.2) is 19.3 Å². The van der Waals surface area contributed by atoms with Crippen molar-refractivity contribution in [2.45, 2.75) is 17.4 Å². The standard InChI is InChI=1S/C17H14ClNO5S/c1-17(10-6-8-11(18)9-7-10)16(21)14(20)15(24-17)12-4-2-3-5-13(12)25(19,22)23/h2-9,20H,1H3,(H2,19,22,23). The maximum absolute atomic E-state index is 12.6. The minimum Gasteiger partial charge on any atom is -0.502 e. The van der Waals surface area contributed by atoms with Gasteiger partial charge >= 0.3 is 0 Å². The molecule has 6 nitrogen and oxygen atoms in total. The lowest BCUT2D eigenvalue weighted by Crippen LogP contribution is -2.30. The Labute approximate surface area is 149 Å². The van der Waals surface area contributed by atoms with Gasteiger partial charge in [-0.25, -0.2) is 13.6 Å². The summed E-state index contributed by atoms with van der Waals surface area (Å²) < 4.78 is 29.3. The zero-order valence-electron chi connectivity index (χ0n) is 13.1. The number of nitrogens with two attached hydrogens (primary N) is 1. The number of carbonyl (C=O) groups excluding carboxylic acids is 1. The smallest absolute Gasteiger partial charge is 0.248 e. The highest BCUT2D eigenvalue weighted by molar-refractivity contribution is 7.89. The molecule has 1 atom stereocenters. The molecule has 2 aromatic carbocycles. The largest absolute Gasteiger partial charge is 0.502 e. The Morgan fingerprint density at radius 1 is 1.12 bits per heavy atom. The molecule has 0 spiro atoms. The number of carbonyl (C=O) groups is 1. The van der Waals surface area contributed by atoms with Crippen molar-refractivity contribution in [1.82, 2.24) is 0 Å². The lowest BCUT2D eigenvalue weighted by Gasteiger charge is -2.24. The fourth-order valence-corrected chi connectivity index (χ4v) is 3.53. The van der Waals surface area contributed by atoms with Gasteiger partial charge in [-0.2, -0.15) is 0 Å². The van der Waals surface area contributed by atoms with Crippen molar-refractivity contribution >= 4 is 33.2 Å². The molecular weight excluding hydrogens is 366 g/mol. The first-order chi connectivity index (χ1) is 11.6. The Kier molecular flexibility index (Phi) is 4.10. The van der Waals surface area contributed by atoms with Gasteiger partial charge in [-0.1, -0.05) is 35.9 Å². The molecule has 25 heavy (non-hydrogen) atoms. The van der Waals surface area contributed by atoms with Crippen LogP contribution in [-0.2, 0) is 25.2 Å². The molecule has 1 heterocycles. The second-order valence-electron chi connectivity index (χ2n) is 5.69. The van der Waals surface area contributed by atoms with Gasteiger partial charge in [0, 0.05) is 16.1 Å². The predicted octanol–water partition coefficient (Wildman–Crippen LogP) is 2.73. The lowest BCUT2D eigenvalue weighted by atomic mass is 9.92. The SMILES string of the molecule is CC1(c2ccc(Cl)cc2)OC(c2ccccc2S(N)(=O)=O)=C(O)C1=O. The summed E-state index contributed by atoms with van der Waals surface area (Å²) in [5.74, 6) is -1.57. The molecule has 1 aliphatic heterocycles. The molecular formula is C17H14ClNO5S. The fourth-order valence-electron chi connectivity index (χ4n) is 2.67. The van der Waals surface area contributed by atoms with Crippen LogP contribution in [0.25, 0.3) is 5.76 Å². The van der Waals surface area contributed by atoms with Crippen molar-refractivity contribution in [3.63, 3.8) is 0 Å². The number of hydrogen-bond donors (Lipinski definition) is 2. The molecule has 0 bridgehead atoms. The lowest BCUT2D eigenvalue weighted by molar-refractivity contribution is -0.130. The van der Waals surface area contributed by atoms with E-state index in [-0.39, 0.29) is 16.2 Å². The molecule has 1 aliphatic rings. The van der Waals surface area contributed by atoms with E-state index >= 15 is 0 Å². The second kappa shape index (κ2) is 5.87. The van der Waals surface area contributed by atoms with E-state index in [1.807, 2.05) is 0 Å². The molecule has 2 aromatic rings. The van der Waals surface area contributed by atoms with Crippen LogP contribution in [0.1, 0.15) is 18.1 Å². The van der Waals surface area contributed by atoms with Gasteiger partial charge in [-0.3, -0.25) is 4.79 Å². The van der Waals surface area contributed by atoms with Crippen LogP contribution in [0, 0.1) is 0 Å². The molecule has 1 unspecified atom stereocenters. The van der Waals surface area contributed by atoms with Gasteiger partial charge in [0.2, 0.25) is 21.6 Å². The van der Waals surface area contributed by atoms with Crippen molar-refractivity contribution in [1.29, 1.82) is 0 Å². The van der Waals surface area contributed by atoms with E-state index in [1.165, 1.54) is 25.1 Å². The van der Waals surface area contributed by atoms with Crippen LogP contribution in [0.15, 0.2) is 59.2 Å². The van der Waals surface area contributed by atoms with E-state index in [1.54, 1.807) is 30.3 Å². The van der Waals surface area contributed by atoms with Crippen LogP contribution < -0.4 is 5.14 Å². The fraction of sp³-hybridized carbons (Fsp3) is 0.118. The number of primary sulfonamides is 1. The van der Waals surface area contributed by atoms with Crippen molar-refractivity contribution < 1.29 is 23.1 Å². The van der Waals surface area contributed by atoms with Crippen molar-refractivity contribution in [3.05, 3.63) is 70.4 Å².